The highest BCUT2D eigenvalue weighted by atomic mass is 32.1. The zero-order valence-electron chi connectivity index (χ0n) is 19.3. The summed E-state index contributed by atoms with van der Waals surface area (Å²) >= 11 is 1.64. The molecule has 2 aliphatic rings. The third-order valence-corrected chi connectivity index (χ3v) is 7.98. The minimum absolute atomic E-state index is 0.0320. The number of aliphatic imine (C=N–C) groups is 1. The summed E-state index contributed by atoms with van der Waals surface area (Å²) in [7, 11) is 0. The number of carbonyl (C=O) groups is 1. The van der Waals surface area contributed by atoms with Crippen molar-refractivity contribution in [2.75, 3.05) is 18.0 Å². The van der Waals surface area contributed by atoms with E-state index in [0.29, 0.717) is 5.56 Å². The fraction of sp³-hybridized carbons (Fsp3) is 0.538. The number of nitrogens with zero attached hydrogens (tertiary/aromatic N) is 2. The lowest BCUT2D eigenvalue weighted by Gasteiger charge is -2.23. The Morgan fingerprint density at radius 1 is 1.16 bits per heavy atom. The van der Waals surface area contributed by atoms with Gasteiger partial charge in [-0.3, -0.25) is 4.79 Å². The summed E-state index contributed by atoms with van der Waals surface area (Å²) in [5, 5.41) is 14.6. The molecule has 0 radical (unpaired) electrons. The maximum Gasteiger partial charge on any atom is 0.254 e. The van der Waals surface area contributed by atoms with Crippen LogP contribution in [0, 0.1) is 0 Å². The topological polar surface area (TPSA) is 64.9 Å². The SMILES string of the molecule is CCN(CC)c1ccc(C=Nc2sc3c(c2C(=O)NC2CCCCC2)CCCC3)c(O)c1. The molecule has 5 nitrogen and oxygen atoms in total. The Bertz CT molecular complexity index is 972. The normalized spacial score (nSPS) is 16.8. The quantitative estimate of drug-likeness (QED) is 0.506. The number of anilines is 1. The highest BCUT2D eigenvalue weighted by molar-refractivity contribution is 7.16. The second-order valence-corrected chi connectivity index (χ2v) is 9.96. The summed E-state index contributed by atoms with van der Waals surface area (Å²) in [4.78, 5) is 21.5. The van der Waals surface area contributed by atoms with Crippen LogP contribution in [0.25, 0.3) is 0 Å². The Morgan fingerprint density at radius 2 is 1.91 bits per heavy atom. The molecule has 32 heavy (non-hydrogen) atoms. The first kappa shape index (κ1) is 22.8. The Labute approximate surface area is 195 Å². The van der Waals surface area contributed by atoms with Gasteiger partial charge >= 0.3 is 0 Å². The van der Waals surface area contributed by atoms with E-state index in [2.05, 4.69) is 24.1 Å². The molecule has 1 aromatic carbocycles. The number of phenols is 1. The largest absolute Gasteiger partial charge is 0.507 e. The molecular weight excluding hydrogens is 418 g/mol. The van der Waals surface area contributed by atoms with Crippen molar-refractivity contribution in [2.45, 2.75) is 77.7 Å². The molecule has 6 heteroatoms. The Hall–Kier alpha value is -2.34. The molecule has 0 saturated heterocycles. The van der Waals surface area contributed by atoms with Gasteiger partial charge in [0.2, 0.25) is 0 Å². The Morgan fingerprint density at radius 3 is 2.62 bits per heavy atom. The minimum atomic E-state index is 0.0320. The van der Waals surface area contributed by atoms with Gasteiger partial charge in [-0.15, -0.1) is 11.3 Å². The van der Waals surface area contributed by atoms with Crippen molar-refractivity contribution >= 4 is 34.1 Å². The number of hydrogen-bond donors (Lipinski definition) is 2. The van der Waals surface area contributed by atoms with E-state index in [1.807, 2.05) is 12.1 Å². The molecule has 0 atom stereocenters. The summed E-state index contributed by atoms with van der Waals surface area (Å²) in [6, 6.07) is 6.00. The Balaban J connectivity index is 1.60. The fourth-order valence-corrected chi connectivity index (χ4v) is 6.17. The molecule has 2 N–H and O–H groups in total. The van der Waals surface area contributed by atoms with Crippen LogP contribution in [0.1, 0.15) is 85.2 Å². The summed E-state index contributed by atoms with van der Waals surface area (Å²) in [6.07, 6.45) is 11.8. The molecule has 0 aliphatic heterocycles. The van der Waals surface area contributed by atoms with Gasteiger partial charge in [-0.25, -0.2) is 4.99 Å². The number of thiophene rings is 1. The van der Waals surface area contributed by atoms with Crippen molar-refractivity contribution in [3.8, 4) is 5.75 Å². The molecule has 1 fully saturated rings. The van der Waals surface area contributed by atoms with E-state index in [-0.39, 0.29) is 17.7 Å². The van der Waals surface area contributed by atoms with E-state index < -0.39 is 0 Å². The van der Waals surface area contributed by atoms with Crippen molar-refractivity contribution in [2.24, 2.45) is 4.99 Å². The lowest BCUT2D eigenvalue weighted by molar-refractivity contribution is 0.0927. The lowest BCUT2D eigenvalue weighted by Crippen LogP contribution is -2.36. The van der Waals surface area contributed by atoms with Gasteiger partial charge in [-0.05, 0) is 70.1 Å². The van der Waals surface area contributed by atoms with E-state index in [4.69, 9.17) is 4.99 Å². The van der Waals surface area contributed by atoms with Crippen LogP contribution in [-0.2, 0) is 12.8 Å². The van der Waals surface area contributed by atoms with E-state index in [9.17, 15) is 9.90 Å². The van der Waals surface area contributed by atoms with Crippen molar-refractivity contribution in [1.82, 2.24) is 5.32 Å². The van der Waals surface area contributed by atoms with Crippen LogP contribution < -0.4 is 10.2 Å². The van der Waals surface area contributed by atoms with Crippen LogP contribution in [0.5, 0.6) is 5.75 Å². The predicted molar refractivity (Wildman–Crippen MR) is 134 cm³/mol. The number of rotatable bonds is 7. The first-order valence-corrected chi connectivity index (χ1v) is 13.0. The molecule has 1 heterocycles. The number of carbonyl (C=O) groups excluding carboxylic acids is 1. The fourth-order valence-electron chi connectivity index (χ4n) is 4.94. The second-order valence-electron chi connectivity index (χ2n) is 8.87. The van der Waals surface area contributed by atoms with Gasteiger partial charge in [0.15, 0.2) is 0 Å². The zero-order chi connectivity index (χ0) is 22.5. The van der Waals surface area contributed by atoms with Gasteiger partial charge in [-0.2, -0.15) is 0 Å². The molecule has 1 aromatic heterocycles. The summed E-state index contributed by atoms with van der Waals surface area (Å²) in [5.41, 5.74) is 3.64. The minimum Gasteiger partial charge on any atom is -0.507 e. The van der Waals surface area contributed by atoms with Crippen molar-refractivity contribution < 1.29 is 9.90 Å². The molecule has 4 rings (SSSR count). The Kier molecular flexibility index (Phi) is 7.51. The lowest BCUT2D eigenvalue weighted by atomic mass is 9.93. The molecular formula is C26H35N3O2S. The van der Waals surface area contributed by atoms with Crippen LogP contribution in [0.15, 0.2) is 23.2 Å². The average Bonchev–Trinajstić information content (AvgIpc) is 3.18. The number of benzene rings is 1. The zero-order valence-corrected chi connectivity index (χ0v) is 20.1. The number of nitrogens with one attached hydrogen (secondary N) is 1. The van der Waals surface area contributed by atoms with Gasteiger partial charge < -0.3 is 15.3 Å². The van der Waals surface area contributed by atoms with Crippen molar-refractivity contribution in [1.29, 1.82) is 0 Å². The van der Waals surface area contributed by atoms with Gasteiger partial charge in [0.1, 0.15) is 10.8 Å². The van der Waals surface area contributed by atoms with Gasteiger partial charge in [0.05, 0.1) is 5.56 Å². The number of aromatic hydroxyl groups is 1. The summed E-state index contributed by atoms with van der Waals surface area (Å²) < 4.78 is 0. The standard InChI is InChI=1S/C26H35N3O2S/c1-3-29(4-2)20-15-14-18(22(30)16-20)17-27-26-24(21-12-8-9-13-23(21)32-26)25(31)28-19-10-6-5-7-11-19/h14-17,19,30H,3-13H2,1-2H3,(H,28,31). The van der Waals surface area contributed by atoms with Crippen molar-refractivity contribution in [3.05, 3.63) is 39.8 Å². The van der Waals surface area contributed by atoms with Gasteiger partial charge in [0, 0.05) is 47.5 Å². The van der Waals surface area contributed by atoms with Crippen LogP contribution in [0.4, 0.5) is 10.7 Å². The molecule has 1 saturated carbocycles. The monoisotopic (exact) mass is 453 g/mol. The van der Waals surface area contributed by atoms with E-state index >= 15 is 0 Å². The number of amides is 1. The first-order chi connectivity index (χ1) is 15.6. The van der Waals surface area contributed by atoms with Gasteiger partial charge in [-0.1, -0.05) is 19.3 Å². The first-order valence-electron chi connectivity index (χ1n) is 12.2. The highest BCUT2D eigenvalue weighted by Crippen LogP contribution is 2.40. The highest BCUT2D eigenvalue weighted by Gasteiger charge is 2.27. The maximum atomic E-state index is 13.3. The number of fused-ring (bicyclic) bond motifs is 1. The average molecular weight is 454 g/mol. The summed E-state index contributed by atoms with van der Waals surface area (Å²) in [6.45, 7) is 6.00. The van der Waals surface area contributed by atoms with Crippen LogP contribution in [0.3, 0.4) is 0 Å². The third kappa shape index (κ3) is 5.01. The molecule has 2 aromatic rings. The maximum absolute atomic E-state index is 13.3. The smallest absolute Gasteiger partial charge is 0.254 e. The number of aryl methyl sites for hydroxylation is 1. The molecule has 0 bridgehead atoms. The predicted octanol–water partition coefficient (Wildman–Crippen LogP) is 5.99. The number of phenolic OH excluding ortho intramolecular Hbond substituents is 1. The molecule has 1 amide bonds. The molecule has 0 spiro atoms. The van der Waals surface area contributed by atoms with E-state index in [1.165, 1.54) is 36.1 Å². The molecule has 172 valence electrons. The van der Waals surface area contributed by atoms with Crippen LogP contribution in [0.2, 0.25) is 0 Å². The van der Waals surface area contributed by atoms with Crippen LogP contribution in [-0.4, -0.2) is 36.4 Å². The third-order valence-electron chi connectivity index (χ3n) is 6.78. The second kappa shape index (κ2) is 10.5. The van der Waals surface area contributed by atoms with E-state index in [1.54, 1.807) is 23.6 Å². The van der Waals surface area contributed by atoms with Crippen molar-refractivity contribution in [3.63, 3.8) is 0 Å². The molecule has 0 unspecified atom stereocenters. The van der Waals surface area contributed by atoms with E-state index in [0.717, 1.165) is 61.4 Å². The number of hydrogen-bond acceptors (Lipinski definition) is 5. The molecule has 2 aliphatic carbocycles. The summed E-state index contributed by atoms with van der Waals surface area (Å²) in [5.74, 6) is 0.247. The van der Waals surface area contributed by atoms with Crippen LogP contribution >= 0.6 is 11.3 Å². The van der Waals surface area contributed by atoms with Gasteiger partial charge in [0.25, 0.3) is 5.91 Å².